The van der Waals surface area contributed by atoms with E-state index in [0.29, 0.717) is 22.7 Å². The number of hydrogen-bond donors (Lipinski definition) is 4. The van der Waals surface area contributed by atoms with E-state index in [1.165, 1.54) is 30.5 Å². The minimum atomic E-state index is -3.37. The Morgan fingerprint density at radius 3 is 2.70 bits per heavy atom. The largest absolute Gasteiger partial charge is 0.443 e. The van der Waals surface area contributed by atoms with Gasteiger partial charge in [-0.15, -0.1) is 0 Å². The number of oxazole rings is 1. The lowest BCUT2D eigenvalue weighted by molar-refractivity contribution is -0.0438. The highest BCUT2D eigenvalue weighted by Gasteiger charge is 2.47. The molecule has 4 atom stereocenters. The molecule has 3 aromatic rings. The molecule has 1 saturated heterocycles. The summed E-state index contributed by atoms with van der Waals surface area (Å²) in [6.45, 7) is 1.82. The average Bonchev–Trinajstić information content (AvgIpc) is 3.41. The number of aryl methyl sites for hydroxylation is 1. The third-order valence-electron chi connectivity index (χ3n) is 4.73. The van der Waals surface area contributed by atoms with Crippen LogP contribution in [0.2, 0.25) is 0 Å². The van der Waals surface area contributed by atoms with Crippen LogP contribution < -0.4 is 10.0 Å². The monoisotopic (exact) mass is 439 g/mol. The minimum absolute atomic E-state index is 0.106. The van der Waals surface area contributed by atoms with Gasteiger partial charge in [0.05, 0.1) is 18.3 Å². The highest BCUT2D eigenvalue weighted by atomic mass is 32.2. The number of sulfonamides is 1. The average molecular weight is 439 g/mol. The standard InChI is InChI=1S/C16H21N7O6S/c1-8-5-19-15(28-8)12-10(24)11(25)16(29-12)23-7-22-9-13(20-6-21-14(9)23)18-3-4-30(26,27)17-2/h5-7,10-12,16-17,24-25H,3-4H2,1-2H3,(H,18,20,21)/t10-,11+,12-,16+/m0/s1. The molecule has 0 bridgehead atoms. The van der Waals surface area contributed by atoms with Crippen LogP contribution in [0.5, 0.6) is 0 Å². The van der Waals surface area contributed by atoms with Gasteiger partial charge in [0.25, 0.3) is 0 Å². The van der Waals surface area contributed by atoms with Gasteiger partial charge in [-0.2, -0.15) is 0 Å². The van der Waals surface area contributed by atoms with Gasteiger partial charge in [0.2, 0.25) is 15.9 Å². The van der Waals surface area contributed by atoms with Crippen LogP contribution in [0.25, 0.3) is 11.2 Å². The van der Waals surface area contributed by atoms with Gasteiger partial charge >= 0.3 is 0 Å². The number of rotatable bonds is 7. The van der Waals surface area contributed by atoms with Crippen LogP contribution >= 0.6 is 0 Å². The number of imidazole rings is 1. The van der Waals surface area contributed by atoms with Gasteiger partial charge < -0.3 is 24.7 Å². The summed E-state index contributed by atoms with van der Waals surface area (Å²) in [5.41, 5.74) is 0.699. The fourth-order valence-electron chi connectivity index (χ4n) is 3.17. The maximum atomic E-state index is 11.6. The van der Waals surface area contributed by atoms with Crippen molar-refractivity contribution in [2.75, 3.05) is 24.7 Å². The molecule has 0 saturated carbocycles. The normalized spacial score (nSPS) is 24.5. The number of nitrogens with zero attached hydrogens (tertiary/aromatic N) is 5. The number of aliphatic hydroxyl groups is 2. The number of fused-ring (bicyclic) bond motifs is 1. The van der Waals surface area contributed by atoms with Crippen molar-refractivity contribution >= 4 is 27.0 Å². The molecule has 0 aliphatic carbocycles. The van der Waals surface area contributed by atoms with E-state index in [4.69, 9.17) is 9.15 Å². The fraction of sp³-hybridized carbons (Fsp3) is 0.500. The SMILES string of the molecule is CNS(=O)(=O)CCNc1ncnc2c1ncn2[C@@H]1O[C@H](c2ncc(C)o2)[C@@H](O)[C@H]1O. The summed E-state index contributed by atoms with van der Waals surface area (Å²) in [5, 5.41) is 23.9. The van der Waals surface area contributed by atoms with Crippen LogP contribution in [0.3, 0.4) is 0 Å². The predicted octanol–water partition coefficient (Wildman–Crippen LogP) is -0.924. The van der Waals surface area contributed by atoms with Gasteiger partial charge in [-0.3, -0.25) is 4.57 Å². The Morgan fingerprint density at radius 2 is 2.00 bits per heavy atom. The summed E-state index contributed by atoms with van der Waals surface area (Å²) < 4.78 is 38.1. The molecule has 1 aliphatic rings. The number of ether oxygens (including phenoxy) is 1. The summed E-state index contributed by atoms with van der Waals surface area (Å²) >= 11 is 0. The highest BCUT2D eigenvalue weighted by molar-refractivity contribution is 7.89. The van der Waals surface area contributed by atoms with Crippen molar-refractivity contribution in [3.63, 3.8) is 0 Å². The van der Waals surface area contributed by atoms with Crippen LogP contribution in [0.15, 0.2) is 23.3 Å². The van der Waals surface area contributed by atoms with Crippen LogP contribution in [0, 0.1) is 6.92 Å². The number of hydrogen-bond acceptors (Lipinski definition) is 11. The molecule has 0 amide bonds. The smallest absolute Gasteiger partial charge is 0.226 e. The molecule has 0 spiro atoms. The van der Waals surface area contributed by atoms with Crippen molar-refractivity contribution in [3.8, 4) is 0 Å². The lowest BCUT2D eigenvalue weighted by atomic mass is 10.1. The van der Waals surface area contributed by atoms with Gasteiger partial charge in [-0.05, 0) is 14.0 Å². The quantitative estimate of drug-likeness (QED) is 0.358. The second-order valence-electron chi connectivity index (χ2n) is 6.73. The van der Waals surface area contributed by atoms with Crippen molar-refractivity contribution < 1.29 is 27.8 Å². The molecule has 0 unspecified atom stereocenters. The summed E-state index contributed by atoms with van der Waals surface area (Å²) in [7, 11) is -2.03. The molecule has 0 radical (unpaired) electrons. The molecule has 30 heavy (non-hydrogen) atoms. The summed E-state index contributed by atoms with van der Waals surface area (Å²) in [4.78, 5) is 16.6. The fourth-order valence-corrected chi connectivity index (χ4v) is 3.75. The number of nitrogens with one attached hydrogen (secondary N) is 2. The van der Waals surface area contributed by atoms with E-state index in [2.05, 4.69) is 30.0 Å². The Hall–Kier alpha value is -2.65. The predicted molar refractivity (Wildman–Crippen MR) is 103 cm³/mol. The third kappa shape index (κ3) is 3.75. The van der Waals surface area contributed by atoms with Crippen LogP contribution in [-0.2, 0) is 14.8 Å². The molecule has 13 nitrogen and oxygen atoms in total. The Kier molecular flexibility index (Phi) is 5.42. The molecule has 1 aliphatic heterocycles. The van der Waals surface area contributed by atoms with Gasteiger partial charge in [-0.25, -0.2) is 33.1 Å². The zero-order valence-electron chi connectivity index (χ0n) is 16.1. The van der Waals surface area contributed by atoms with E-state index in [9.17, 15) is 18.6 Å². The number of anilines is 1. The van der Waals surface area contributed by atoms with Gasteiger partial charge in [-0.1, -0.05) is 0 Å². The highest BCUT2D eigenvalue weighted by Crippen LogP contribution is 2.39. The Balaban J connectivity index is 1.58. The van der Waals surface area contributed by atoms with E-state index in [0.717, 1.165) is 0 Å². The Bertz CT molecular complexity index is 1150. The number of aromatic nitrogens is 5. The second kappa shape index (κ2) is 7.88. The zero-order chi connectivity index (χ0) is 21.5. The van der Waals surface area contributed by atoms with E-state index < -0.39 is 34.6 Å². The van der Waals surface area contributed by atoms with Crippen LogP contribution in [0.4, 0.5) is 5.82 Å². The lowest BCUT2D eigenvalue weighted by Crippen LogP contribution is -2.29. The first-order valence-corrected chi connectivity index (χ1v) is 10.7. The van der Waals surface area contributed by atoms with E-state index in [-0.39, 0.29) is 18.2 Å². The first-order valence-electron chi connectivity index (χ1n) is 9.07. The zero-order valence-corrected chi connectivity index (χ0v) is 16.9. The minimum Gasteiger partial charge on any atom is -0.443 e. The summed E-state index contributed by atoms with van der Waals surface area (Å²) in [6, 6.07) is 0. The van der Waals surface area contributed by atoms with Crippen molar-refractivity contribution in [3.05, 3.63) is 30.5 Å². The topological polar surface area (TPSA) is 178 Å². The maximum absolute atomic E-state index is 11.6. The molecule has 0 aromatic carbocycles. The summed E-state index contributed by atoms with van der Waals surface area (Å²) in [5.74, 6) is 0.895. The van der Waals surface area contributed by atoms with Crippen molar-refractivity contribution in [2.24, 2.45) is 0 Å². The molecule has 3 aromatic heterocycles. The Labute approximate surface area is 171 Å². The van der Waals surface area contributed by atoms with Gasteiger partial charge in [0.15, 0.2) is 29.3 Å². The van der Waals surface area contributed by atoms with Gasteiger partial charge in [0, 0.05) is 6.54 Å². The molecule has 162 valence electrons. The molecule has 14 heteroatoms. The first kappa shape index (κ1) is 20.6. The van der Waals surface area contributed by atoms with Gasteiger partial charge in [0.1, 0.15) is 24.3 Å². The molecule has 4 heterocycles. The second-order valence-corrected chi connectivity index (χ2v) is 8.78. The number of aliphatic hydroxyl groups excluding tert-OH is 2. The summed E-state index contributed by atoms with van der Waals surface area (Å²) in [6.07, 6.45) is -0.321. The molecule has 4 N–H and O–H groups in total. The lowest BCUT2D eigenvalue weighted by Gasteiger charge is -2.16. The third-order valence-corrected chi connectivity index (χ3v) is 6.09. The molecule has 4 rings (SSSR count). The van der Waals surface area contributed by atoms with Crippen molar-refractivity contribution in [2.45, 2.75) is 31.5 Å². The van der Waals surface area contributed by atoms with Crippen LogP contribution in [0.1, 0.15) is 24.0 Å². The van der Waals surface area contributed by atoms with E-state index >= 15 is 0 Å². The van der Waals surface area contributed by atoms with Crippen molar-refractivity contribution in [1.82, 2.24) is 29.2 Å². The molecular weight excluding hydrogens is 418 g/mol. The molecule has 1 fully saturated rings. The maximum Gasteiger partial charge on any atom is 0.226 e. The molecular formula is C16H21N7O6S. The van der Waals surface area contributed by atoms with Crippen molar-refractivity contribution in [1.29, 1.82) is 0 Å². The van der Waals surface area contributed by atoms with E-state index in [1.807, 2.05) is 0 Å². The first-order chi connectivity index (χ1) is 14.3. The van der Waals surface area contributed by atoms with E-state index in [1.54, 1.807) is 6.92 Å². The van der Waals surface area contributed by atoms with Crippen LogP contribution in [-0.4, -0.2) is 74.7 Å². The Morgan fingerprint density at radius 1 is 1.20 bits per heavy atom.